The third kappa shape index (κ3) is 3.05. The lowest BCUT2D eigenvalue weighted by molar-refractivity contribution is -0.124. The zero-order valence-corrected chi connectivity index (χ0v) is 9.82. The van der Waals surface area contributed by atoms with Gasteiger partial charge in [-0.1, -0.05) is 20.8 Å². The van der Waals surface area contributed by atoms with E-state index in [9.17, 15) is 9.59 Å². The zero-order chi connectivity index (χ0) is 11.6. The number of rotatable bonds is 2. The Bertz CT molecular complexity index is 262. The van der Waals surface area contributed by atoms with Crippen molar-refractivity contribution in [3.8, 4) is 0 Å². The van der Waals surface area contributed by atoms with Crippen LogP contribution < -0.4 is 5.73 Å². The molecule has 1 fully saturated rings. The molecular formula is C12H21NO2. The van der Waals surface area contributed by atoms with Gasteiger partial charge in [-0.25, -0.2) is 0 Å². The lowest BCUT2D eigenvalue weighted by Gasteiger charge is -2.20. The summed E-state index contributed by atoms with van der Waals surface area (Å²) in [7, 11) is 0. The maximum absolute atomic E-state index is 11.8. The van der Waals surface area contributed by atoms with Crippen LogP contribution in [-0.2, 0) is 9.59 Å². The van der Waals surface area contributed by atoms with Crippen molar-refractivity contribution in [1.29, 1.82) is 0 Å². The van der Waals surface area contributed by atoms with Crippen LogP contribution in [0.1, 0.15) is 40.0 Å². The van der Waals surface area contributed by atoms with Gasteiger partial charge >= 0.3 is 0 Å². The minimum absolute atomic E-state index is 0.130. The van der Waals surface area contributed by atoms with Crippen LogP contribution in [0, 0.1) is 23.7 Å². The van der Waals surface area contributed by atoms with Gasteiger partial charge < -0.3 is 5.73 Å². The van der Waals surface area contributed by atoms with E-state index >= 15 is 0 Å². The molecule has 1 amide bonds. The predicted octanol–water partition coefficient (Wildman–Crippen LogP) is 1.75. The minimum atomic E-state index is -0.290. The molecule has 0 aromatic heterocycles. The third-order valence-corrected chi connectivity index (χ3v) is 3.84. The Morgan fingerprint density at radius 2 is 1.93 bits per heavy atom. The number of Topliss-reactive ketones (excluding diaryl/α,β-unsaturated/α-hetero) is 1. The lowest BCUT2D eigenvalue weighted by atomic mass is 9.85. The van der Waals surface area contributed by atoms with E-state index in [1.807, 2.05) is 6.92 Å². The van der Waals surface area contributed by atoms with Crippen LogP contribution in [0.15, 0.2) is 0 Å². The third-order valence-electron chi connectivity index (χ3n) is 3.84. The highest BCUT2D eigenvalue weighted by Crippen LogP contribution is 2.34. The summed E-state index contributed by atoms with van der Waals surface area (Å²) in [5.74, 6) is 1.12. The fraction of sp³-hybridized carbons (Fsp3) is 0.833. The molecule has 0 aliphatic heterocycles. The van der Waals surface area contributed by atoms with Crippen molar-refractivity contribution >= 4 is 11.7 Å². The summed E-state index contributed by atoms with van der Waals surface area (Å²) in [5.41, 5.74) is 5.20. The minimum Gasteiger partial charge on any atom is -0.370 e. The van der Waals surface area contributed by atoms with Crippen LogP contribution >= 0.6 is 0 Å². The van der Waals surface area contributed by atoms with E-state index in [0.29, 0.717) is 24.7 Å². The van der Waals surface area contributed by atoms with Crippen molar-refractivity contribution in [3.05, 3.63) is 0 Å². The monoisotopic (exact) mass is 211 g/mol. The molecule has 4 atom stereocenters. The first-order chi connectivity index (χ1) is 6.91. The van der Waals surface area contributed by atoms with E-state index < -0.39 is 0 Å². The number of amides is 1. The van der Waals surface area contributed by atoms with Crippen LogP contribution in [0.5, 0.6) is 0 Å². The van der Waals surface area contributed by atoms with Crippen molar-refractivity contribution in [2.24, 2.45) is 29.4 Å². The summed E-state index contributed by atoms with van der Waals surface area (Å²) in [6.07, 6.45) is 1.90. The molecular weight excluding hydrogens is 190 g/mol. The highest BCUT2D eigenvalue weighted by molar-refractivity contribution is 5.82. The maximum Gasteiger partial charge on any atom is 0.217 e. The summed E-state index contributed by atoms with van der Waals surface area (Å²) in [6, 6.07) is 0. The van der Waals surface area contributed by atoms with E-state index in [0.717, 1.165) is 6.42 Å². The standard InChI is InChI=1S/C12H21NO2/c1-7-4-8(2)10(6-12(13)15)5-11(14)9(7)3/h7-10H,4-6H2,1-3H3,(H2,13,15). The molecule has 2 N–H and O–H groups in total. The van der Waals surface area contributed by atoms with Crippen molar-refractivity contribution in [2.75, 3.05) is 0 Å². The van der Waals surface area contributed by atoms with Gasteiger partial charge in [0.25, 0.3) is 0 Å². The Morgan fingerprint density at radius 3 is 2.47 bits per heavy atom. The van der Waals surface area contributed by atoms with Crippen LogP contribution in [0.2, 0.25) is 0 Å². The van der Waals surface area contributed by atoms with Gasteiger partial charge in [-0.3, -0.25) is 9.59 Å². The maximum atomic E-state index is 11.8. The van der Waals surface area contributed by atoms with Gasteiger partial charge in [-0.05, 0) is 24.2 Å². The number of carbonyl (C=O) groups is 2. The summed E-state index contributed by atoms with van der Waals surface area (Å²) in [5, 5.41) is 0. The molecule has 1 rings (SSSR count). The van der Waals surface area contributed by atoms with E-state index in [1.165, 1.54) is 0 Å². The van der Waals surface area contributed by atoms with E-state index in [-0.39, 0.29) is 23.5 Å². The SMILES string of the molecule is CC1CC(C)C(C)C(=O)CC1CC(N)=O. The van der Waals surface area contributed by atoms with Gasteiger partial charge in [0.2, 0.25) is 5.91 Å². The van der Waals surface area contributed by atoms with Crippen molar-refractivity contribution < 1.29 is 9.59 Å². The smallest absolute Gasteiger partial charge is 0.217 e. The molecule has 3 nitrogen and oxygen atoms in total. The molecule has 0 spiro atoms. The number of hydrogen-bond donors (Lipinski definition) is 1. The first-order valence-corrected chi connectivity index (χ1v) is 5.72. The molecule has 0 aromatic carbocycles. The van der Waals surface area contributed by atoms with Crippen LogP contribution in [0.4, 0.5) is 0 Å². The number of hydrogen-bond acceptors (Lipinski definition) is 2. The molecule has 1 aliphatic rings. The van der Waals surface area contributed by atoms with Crippen LogP contribution in [0.3, 0.4) is 0 Å². The molecule has 1 aliphatic carbocycles. The Balaban J connectivity index is 2.73. The predicted molar refractivity (Wildman–Crippen MR) is 59.0 cm³/mol. The van der Waals surface area contributed by atoms with E-state index in [4.69, 9.17) is 5.73 Å². The molecule has 0 radical (unpaired) electrons. The van der Waals surface area contributed by atoms with E-state index in [1.54, 1.807) is 0 Å². The van der Waals surface area contributed by atoms with Gasteiger partial charge in [-0.2, -0.15) is 0 Å². The fourth-order valence-corrected chi connectivity index (χ4v) is 2.48. The first-order valence-electron chi connectivity index (χ1n) is 5.72. The fourth-order valence-electron chi connectivity index (χ4n) is 2.48. The molecule has 15 heavy (non-hydrogen) atoms. The van der Waals surface area contributed by atoms with Crippen molar-refractivity contribution in [2.45, 2.75) is 40.0 Å². The Morgan fingerprint density at radius 1 is 1.33 bits per heavy atom. The van der Waals surface area contributed by atoms with Gasteiger partial charge in [0, 0.05) is 18.8 Å². The average Bonchev–Trinajstić information content (AvgIpc) is 2.20. The quantitative estimate of drug-likeness (QED) is 0.707. The van der Waals surface area contributed by atoms with Gasteiger partial charge in [0.1, 0.15) is 5.78 Å². The molecule has 0 bridgehead atoms. The second-order valence-corrected chi connectivity index (χ2v) is 5.08. The molecule has 0 saturated heterocycles. The van der Waals surface area contributed by atoms with Crippen molar-refractivity contribution in [1.82, 2.24) is 0 Å². The second kappa shape index (κ2) is 4.77. The van der Waals surface area contributed by atoms with Gasteiger partial charge in [0.05, 0.1) is 0 Å². The van der Waals surface area contributed by atoms with Crippen molar-refractivity contribution in [3.63, 3.8) is 0 Å². The molecule has 0 aromatic rings. The van der Waals surface area contributed by atoms with E-state index in [2.05, 4.69) is 13.8 Å². The lowest BCUT2D eigenvalue weighted by Crippen LogP contribution is -2.22. The number of ketones is 1. The zero-order valence-electron chi connectivity index (χ0n) is 9.82. The largest absolute Gasteiger partial charge is 0.370 e. The van der Waals surface area contributed by atoms with Crippen LogP contribution in [-0.4, -0.2) is 11.7 Å². The topological polar surface area (TPSA) is 60.2 Å². The molecule has 3 heteroatoms. The highest BCUT2D eigenvalue weighted by Gasteiger charge is 2.32. The van der Waals surface area contributed by atoms with Crippen LogP contribution in [0.25, 0.3) is 0 Å². The first kappa shape index (κ1) is 12.2. The number of nitrogens with two attached hydrogens (primary N) is 1. The molecule has 86 valence electrons. The van der Waals surface area contributed by atoms with Gasteiger partial charge in [0.15, 0.2) is 0 Å². The molecule has 1 saturated carbocycles. The van der Waals surface area contributed by atoms with Gasteiger partial charge in [-0.15, -0.1) is 0 Å². The molecule has 0 heterocycles. The Hall–Kier alpha value is -0.860. The summed E-state index contributed by atoms with van der Waals surface area (Å²) in [4.78, 5) is 22.7. The summed E-state index contributed by atoms with van der Waals surface area (Å²) in [6.45, 7) is 6.23. The normalized spacial score (nSPS) is 37.4. The summed E-state index contributed by atoms with van der Waals surface area (Å²) >= 11 is 0. The number of primary amides is 1. The number of carbonyl (C=O) groups excluding carboxylic acids is 2. The Kier molecular flexibility index (Phi) is 3.89. The Labute approximate surface area is 91.4 Å². The second-order valence-electron chi connectivity index (χ2n) is 5.08. The summed E-state index contributed by atoms with van der Waals surface area (Å²) < 4.78 is 0. The molecule has 4 unspecified atom stereocenters. The average molecular weight is 211 g/mol. The highest BCUT2D eigenvalue weighted by atomic mass is 16.1.